The van der Waals surface area contributed by atoms with Gasteiger partial charge >= 0.3 is 11.9 Å². The number of rotatable bonds is 11. The Kier molecular flexibility index (Phi) is 11.9. The van der Waals surface area contributed by atoms with Crippen LogP contribution in [-0.4, -0.2) is 62.1 Å². The number of carbonyl (C=O) groups is 3. The van der Waals surface area contributed by atoms with Crippen molar-refractivity contribution in [1.82, 2.24) is 10.3 Å². The second kappa shape index (κ2) is 15.4. The maximum atomic E-state index is 13.4. The third kappa shape index (κ3) is 9.18. The molecule has 0 aliphatic carbocycles. The molecule has 41 heavy (non-hydrogen) atoms. The molecule has 1 aliphatic rings. The molecule has 2 heterocycles. The molecule has 1 amide bonds. The van der Waals surface area contributed by atoms with Crippen molar-refractivity contribution in [2.75, 3.05) is 27.1 Å². The highest BCUT2D eigenvalue weighted by Crippen LogP contribution is 2.32. The lowest BCUT2D eigenvalue weighted by Crippen LogP contribution is -2.46. The first kappa shape index (κ1) is 31.9. The van der Waals surface area contributed by atoms with Crippen molar-refractivity contribution in [2.24, 2.45) is 23.7 Å². The Hall–Kier alpha value is -3.66. The lowest BCUT2D eigenvalue weighted by Gasteiger charge is -2.32. The number of pyridine rings is 1. The highest BCUT2D eigenvalue weighted by Gasteiger charge is 2.35. The predicted molar refractivity (Wildman–Crippen MR) is 151 cm³/mol. The fraction of sp³-hybridized carbons (Fsp3) is 0.548. The van der Waals surface area contributed by atoms with E-state index in [-0.39, 0.29) is 47.7 Å². The van der Waals surface area contributed by atoms with E-state index in [1.54, 1.807) is 13.8 Å². The molecule has 1 fully saturated rings. The summed E-state index contributed by atoms with van der Waals surface area (Å²) in [6, 6.07) is 10.6. The van der Waals surface area contributed by atoms with Crippen LogP contribution in [0.15, 0.2) is 42.6 Å². The van der Waals surface area contributed by atoms with Crippen LogP contribution in [0, 0.1) is 23.7 Å². The molecule has 10 heteroatoms. The molecule has 0 bridgehead atoms. The van der Waals surface area contributed by atoms with Crippen molar-refractivity contribution in [3.05, 3.63) is 53.9 Å². The van der Waals surface area contributed by atoms with Crippen LogP contribution in [0.2, 0.25) is 0 Å². The number of hydrogen-bond acceptors (Lipinski definition) is 9. The lowest BCUT2D eigenvalue weighted by atomic mass is 9.79. The van der Waals surface area contributed by atoms with E-state index < -0.39 is 30.7 Å². The Morgan fingerprint density at radius 2 is 1.83 bits per heavy atom. The second-order valence-corrected chi connectivity index (χ2v) is 11.0. The summed E-state index contributed by atoms with van der Waals surface area (Å²) in [4.78, 5) is 42.6. The first-order valence-corrected chi connectivity index (χ1v) is 14.1. The van der Waals surface area contributed by atoms with E-state index in [0.29, 0.717) is 12.5 Å². The first-order chi connectivity index (χ1) is 19.6. The Morgan fingerprint density at radius 1 is 1.10 bits per heavy atom. The van der Waals surface area contributed by atoms with Gasteiger partial charge in [-0.05, 0) is 37.2 Å². The lowest BCUT2D eigenvalue weighted by molar-refractivity contribution is -0.155. The van der Waals surface area contributed by atoms with E-state index in [2.05, 4.69) is 36.3 Å². The Bertz CT molecular complexity index is 1150. The van der Waals surface area contributed by atoms with Gasteiger partial charge in [-0.1, -0.05) is 58.0 Å². The summed E-state index contributed by atoms with van der Waals surface area (Å²) < 4.78 is 28.0. The van der Waals surface area contributed by atoms with Crippen LogP contribution >= 0.6 is 0 Å². The molecule has 0 radical (unpaired) electrons. The third-order valence-electron chi connectivity index (χ3n) is 6.98. The van der Waals surface area contributed by atoms with Gasteiger partial charge in [-0.25, -0.2) is 9.78 Å². The highest BCUT2D eigenvalue weighted by atomic mass is 16.7. The van der Waals surface area contributed by atoms with Gasteiger partial charge in [-0.15, -0.1) is 0 Å². The molecule has 3 rings (SSSR count). The van der Waals surface area contributed by atoms with Gasteiger partial charge in [-0.3, -0.25) is 9.59 Å². The largest absolute Gasteiger partial charge is 0.493 e. The number of esters is 2. The number of aromatic nitrogens is 1. The standard InChI is InChI=1S/C31H42N2O8/c1-19(2)14-24-21(5)41-31(36)25(17-38-16-23(24)15-22-10-8-7-9-11-22)33-29(34)27-28(26(37-6)12-13-32-27)39-18-40-30(35)20(3)4/h7-13,19-21,23-25H,14-18H2,1-6H3,(H,33,34)/t21-,23-,24-,25-/m0/s1. The quantitative estimate of drug-likeness (QED) is 0.313. The molecule has 224 valence electrons. The molecule has 1 aromatic heterocycles. The predicted octanol–water partition coefficient (Wildman–Crippen LogP) is 4.21. The molecule has 1 N–H and O–H groups in total. The fourth-order valence-electron chi connectivity index (χ4n) is 4.85. The normalized spacial score (nSPS) is 21.3. The number of methoxy groups -OCH3 is 1. The average Bonchev–Trinajstić information content (AvgIpc) is 2.98. The SMILES string of the molecule is COc1ccnc(C(=O)N[C@H]2COC[C@H](Cc3ccccc3)[C@@H](CC(C)C)[C@H](C)OC2=O)c1OCOC(=O)C(C)C. The number of carbonyl (C=O) groups excluding carboxylic acids is 3. The monoisotopic (exact) mass is 570 g/mol. The molecular formula is C31H42N2O8. The van der Waals surface area contributed by atoms with Gasteiger partial charge < -0.3 is 29.0 Å². The van der Waals surface area contributed by atoms with E-state index in [4.69, 9.17) is 23.7 Å². The summed E-state index contributed by atoms with van der Waals surface area (Å²) in [5, 5.41) is 2.69. The highest BCUT2D eigenvalue weighted by molar-refractivity contribution is 5.98. The van der Waals surface area contributed by atoms with Gasteiger partial charge in [-0.2, -0.15) is 0 Å². The summed E-state index contributed by atoms with van der Waals surface area (Å²) in [7, 11) is 1.41. The number of nitrogens with one attached hydrogen (secondary N) is 1. The summed E-state index contributed by atoms with van der Waals surface area (Å²) in [5.41, 5.74) is 1.05. The van der Waals surface area contributed by atoms with E-state index >= 15 is 0 Å². The fourth-order valence-corrected chi connectivity index (χ4v) is 4.85. The van der Waals surface area contributed by atoms with Crippen molar-refractivity contribution < 1.29 is 38.1 Å². The Balaban J connectivity index is 1.77. The van der Waals surface area contributed by atoms with Gasteiger partial charge in [0.25, 0.3) is 5.91 Å². The van der Waals surface area contributed by atoms with Crippen LogP contribution in [0.4, 0.5) is 0 Å². The van der Waals surface area contributed by atoms with E-state index in [9.17, 15) is 14.4 Å². The van der Waals surface area contributed by atoms with Crippen LogP contribution in [-0.2, 0) is 30.2 Å². The number of hydrogen-bond donors (Lipinski definition) is 1. The molecular weight excluding hydrogens is 528 g/mol. The maximum absolute atomic E-state index is 13.4. The van der Waals surface area contributed by atoms with Crippen LogP contribution in [0.5, 0.6) is 11.5 Å². The van der Waals surface area contributed by atoms with Crippen molar-refractivity contribution in [3.63, 3.8) is 0 Å². The summed E-state index contributed by atoms with van der Waals surface area (Å²) in [5.74, 6) is -1.30. The van der Waals surface area contributed by atoms with E-state index in [1.807, 2.05) is 25.1 Å². The van der Waals surface area contributed by atoms with Crippen molar-refractivity contribution in [2.45, 2.75) is 59.6 Å². The van der Waals surface area contributed by atoms with Gasteiger partial charge in [0.15, 0.2) is 23.2 Å². The minimum atomic E-state index is -1.07. The minimum Gasteiger partial charge on any atom is -0.493 e. The number of cyclic esters (lactones) is 1. The minimum absolute atomic E-state index is 0.0188. The smallest absolute Gasteiger partial charge is 0.331 e. The molecule has 1 aromatic carbocycles. The van der Waals surface area contributed by atoms with Crippen LogP contribution < -0.4 is 14.8 Å². The number of nitrogens with zero attached hydrogens (tertiary/aromatic N) is 1. The third-order valence-corrected chi connectivity index (χ3v) is 6.98. The van der Waals surface area contributed by atoms with Crippen molar-refractivity contribution in [3.8, 4) is 11.5 Å². The zero-order valence-electron chi connectivity index (χ0n) is 24.8. The first-order valence-electron chi connectivity index (χ1n) is 14.1. The summed E-state index contributed by atoms with van der Waals surface area (Å²) in [6.07, 6.45) is 2.64. The molecule has 1 aliphatic heterocycles. The molecule has 0 saturated carbocycles. The number of benzene rings is 1. The van der Waals surface area contributed by atoms with Crippen LogP contribution in [0.25, 0.3) is 0 Å². The molecule has 4 atom stereocenters. The van der Waals surface area contributed by atoms with Crippen LogP contribution in [0.1, 0.15) is 57.1 Å². The summed E-state index contributed by atoms with van der Waals surface area (Å²) >= 11 is 0. The average molecular weight is 571 g/mol. The Morgan fingerprint density at radius 3 is 2.49 bits per heavy atom. The Labute approximate surface area is 242 Å². The molecule has 10 nitrogen and oxygen atoms in total. The topological polar surface area (TPSA) is 122 Å². The molecule has 0 spiro atoms. The van der Waals surface area contributed by atoms with Crippen molar-refractivity contribution in [1.29, 1.82) is 0 Å². The maximum Gasteiger partial charge on any atom is 0.331 e. The van der Waals surface area contributed by atoms with E-state index in [1.165, 1.54) is 24.9 Å². The summed E-state index contributed by atoms with van der Waals surface area (Å²) in [6.45, 7) is 9.49. The van der Waals surface area contributed by atoms with Gasteiger partial charge in [0.1, 0.15) is 6.10 Å². The zero-order chi connectivity index (χ0) is 29.9. The van der Waals surface area contributed by atoms with Gasteiger partial charge in [0.2, 0.25) is 6.79 Å². The van der Waals surface area contributed by atoms with Gasteiger partial charge in [0.05, 0.1) is 26.2 Å². The zero-order valence-corrected chi connectivity index (χ0v) is 24.8. The molecule has 0 unspecified atom stereocenters. The number of ether oxygens (including phenoxy) is 5. The second-order valence-electron chi connectivity index (χ2n) is 11.0. The molecule has 1 saturated heterocycles. The van der Waals surface area contributed by atoms with E-state index in [0.717, 1.165) is 12.8 Å². The molecule has 2 aromatic rings. The van der Waals surface area contributed by atoms with Crippen molar-refractivity contribution >= 4 is 17.8 Å². The van der Waals surface area contributed by atoms with Crippen LogP contribution in [0.3, 0.4) is 0 Å². The number of amides is 1. The van der Waals surface area contributed by atoms with Gasteiger partial charge in [0, 0.05) is 18.2 Å².